The van der Waals surface area contributed by atoms with Crippen molar-refractivity contribution in [1.29, 1.82) is 0 Å². The summed E-state index contributed by atoms with van der Waals surface area (Å²) in [5.41, 5.74) is 0. The van der Waals surface area contributed by atoms with Gasteiger partial charge in [0.05, 0.1) is 6.61 Å². The van der Waals surface area contributed by atoms with Gasteiger partial charge in [0.25, 0.3) is 0 Å². The lowest BCUT2D eigenvalue weighted by Gasteiger charge is -2.42. The van der Waals surface area contributed by atoms with Gasteiger partial charge in [-0.15, -0.1) is 0 Å². The van der Waals surface area contributed by atoms with E-state index in [0.29, 0.717) is 0 Å². The van der Waals surface area contributed by atoms with Gasteiger partial charge in [0.1, 0.15) is 0 Å². The highest BCUT2D eigenvalue weighted by atomic mass is 32.2. The molecule has 0 aromatic heterocycles. The van der Waals surface area contributed by atoms with Crippen LogP contribution in [0.15, 0.2) is 0 Å². The first-order valence-corrected chi connectivity index (χ1v) is 8.43. The van der Waals surface area contributed by atoms with Crippen LogP contribution in [0.4, 0.5) is 0 Å². The second kappa shape index (κ2) is 5.94. The molecule has 3 saturated heterocycles. The van der Waals surface area contributed by atoms with E-state index in [1.807, 2.05) is 0 Å². The molecule has 3 fully saturated rings. The predicted octanol–water partition coefficient (Wildman–Crippen LogP) is 2.77. The molecule has 0 bridgehead atoms. The number of nitrogens with zero attached hydrogens (tertiary/aromatic N) is 1. The summed E-state index contributed by atoms with van der Waals surface area (Å²) in [5, 5.41) is 0.929. The van der Waals surface area contributed by atoms with Crippen molar-refractivity contribution in [3.63, 3.8) is 0 Å². The second-order valence-electron chi connectivity index (χ2n) is 5.74. The highest BCUT2D eigenvalue weighted by Gasteiger charge is 2.37. The highest BCUT2D eigenvalue weighted by molar-refractivity contribution is 7.99. The number of hydrogen-bond acceptors (Lipinski definition) is 3. The van der Waals surface area contributed by atoms with Crippen molar-refractivity contribution >= 4 is 11.8 Å². The van der Waals surface area contributed by atoms with Crippen LogP contribution < -0.4 is 0 Å². The SMILES string of the molecule is C1CCC(C2CCOCC2N2CCCC2)SC1. The molecule has 0 saturated carbocycles. The van der Waals surface area contributed by atoms with Crippen molar-refractivity contribution in [2.24, 2.45) is 5.92 Å². The van der Waals surface area contributed by atoms with Crippen LogP contribution in [0.3, 0.4) is 0 Å². The monoisotopic (exact) mass is 255 g/mol. The van der Waals surface area contributed by atoms with Crippen LogP contribution in [0.5, 0.6) is 0 Å². The quantitative estimate of drug-likeness (QED) is 0.753. The minimum atomic E-state index is 0.738. The first kappa shape index (κ1) is 12.3. The van der Waals surface area contributed by atoms with E-state index in [-0.39, 0.29) is 0 Å². The predicted molar refractivity (Wildman–Crippen MR) is 73.6 cm³/mol. The molecule has 3 heteroatoms. The van der Waals surface area contributed by atoms with Crippen molar-refractivity contribution in [2.45, 2.75) is 49.8 Å². The summed E-state index contributed by atoms with van der Waals surface area (Å²) in [5.74, 6) is 2.31. The average Bonchev–Trinajstić information content (AvgIpc) is 2.94. The zero-order chi connectivity index (χ0) is 11.5. The van der Waals surface area contributed by atoms with Crippen molar-refractivity contribution in [1.82, 2.24) is 4.90 Å². The fraction of sp³-hybridized carbons (Fsp3) is 1.00. The van der Waals surface area contributed by atoms with Crippen LogP contribution in [0.25, 0.3) is 0 Å². The zero-order valence-corrected chi connectivity index (χ0v) is 11.6. The van der Waals surface area contributed by atoms with E-state index in [2.05, 4.69) is 16.7 Å². The lowest BCUT2D eigenvalue weighted by Crippen LogP contribution is -2.49. The van der Waals surface area contributed by atoms with Crippen LogP contribution >= 0.6 is 11.8 Å². The Bertz CT molecular complexity index is 236. The second-order valence-corrected chi connectivity index (χ2v) is 7.09. The Morgan fingerprint density at radius 1 is 1.00 bits per heavy atom. The molecule has 0 radical (unpaired) electrons. The third-order valence-corrected chi connectivity index (χ3v) is 6.22. The van der Waals surface area contributed by atoms with Crippen LogP contribution in [-0.2, 0) is 4.74 Å². The third kappa shape index (κ3) is 2.82. The number of likely N-dealkylation sites (tertiary alicyclic amines) is 1. The number of rotatable bonds is 2. The zero-order valence-electron chi connectivity index (χ0n) is 10.8. The van der Waals surface area contributed by atoms with Crippen molar-refractivity contribution in [3.8, 4) is 0 Å². The van der Waals surface area contributed by atoms with Crippen molar-refractivity contribution in [2.75, 3.05) is 32.1 Å². The minimum Gasteiger partial charge on any atom is -0.380 e. The first-order valence-electron chi connectivity index (χ1n) is 7.38. The molecule has 17 heavy (non-hydrogen) atoms. The Kier molecular flexibility index (Phi) is 4.30. The maximum Gasteiger partial charge on any atom is 0.0624 e. The van der Waals surface area contributed by atoms with E-state index in [9.17, 15) is 0 Å². The van der Waals surface area contributed by atoms with Gasteiger partial charge in [0.15, 0.2) is 0 Å². The molecule has 0 aromatic carbocycles. The number of thioether (sulfide) groups is 1. The first-order chi connectivity index (χ1) is 8.45. The van der Waals surface area contributed by atoms with E-state index in [1.165, 1.54) is 57.4 Å². The lowest BCUT2D eigenvalue weighted by molar-refractivity contribution is -0.0112. The molecule has 0 aromatic rings. The molecular weight excluding hydrogens is 230 g/mol. The molecule has 0 amide bonds. The van der Waals surface area contributed by atoms with Gasteiger partial charge in [0.2, 0.25) is 0 Å². The largest absolute Gasteiger partial charge is 0.380 e. The third-order valence-electron chi connectivity index (χ3n) is 4.68. The molecule has 2 nitrogen and oxygen atoms in total. The van der Waals surface area contributed by atoms with Gasteiger partial charge >= 0.3 is 0 Å². The molecular formula is C14H25NOS. The van der Waals surface area contributed by atoms with Gasteiger partial charge in [-0.25, -0.2) is 0 Å². The Hall–Kier alpha value is 0.270. The molecule has 0 N–H and O–H groups in total. The van der Waals surface area contributed by atoms with Gasteiger partial charge in [-0.3, -0.25) is 4.90 Å². The summed E-state index contributed by atoms with van der Waals surface area (Å²) < 4.78 is 5.76. The average molecular weight is 255 g/mol. The van der Waals surface area contributed by atoms with E-state index in [1.54, 1.807) is 0 Å². The fourth-order valence-corrected chi connectivity index (χ4v) is 5.30. The van der Waals surface area contributed by atoms with Gasteiger partial charge < -0.3 is 4.74 Å². The van der Waals surface area contributed by atoms with E-state index in [0.717, 1.165) is 30.4 Å². The molecule has 3 aliphatic heterocycles. The topological polar surface area (TPSA) is 12.5 Å². The Morgan fingerprint density at radius 3 is 2.65 bits per heavy atom. The Labute approximate surface area is 109 Å². The maximum absolute atomic E-state index is 5.76. The van der Waals surface area contributed by atoms with Crippen LogP contribution in [-0.4, -0.2) is 48.2 Å². The molecule has 0 spiro atoms. The maximum atomic E-state index is 5.76. The smallest absolute Gasteiger partial charge is 0.0624 e. The van der Waals surface area contributed by atoms with Crippen molar-refractivity contribution < 1.29 is 4.74 Å². The molecule has 3 atom stereocenters. The summed E-state index contributed by atoms with van der Waals surface area (Å²) >= 11 is 2.25. The molecule has 3 aliphatic rings. The Morgan fingerprint density at radius 2 is 1.88 bits per heavy atom. The summed E-state index contributed by atoms with van der Waals surface area (Å²) in [6.07, 6.45) is 8.47. The van der Waals surface area contributed by atoms with Crippen molar-refractivity contribution in [3.05, 3.63) is 0 Å². The van der Waals surface area contributed by atoms with Crippen LogP contribution in [0.1, 0.15) is 38.5 Å². The van der Waals surface area contributed by atoms with E-state index >= 15 is 0 Å². The number of hydrogen-bond donors (Lipinski definition) is 0. The van der Waals surface area contributed by atoms with Gasteiger partial charge in [-0.2, -0.15) is 11.8 Å². The van der Waals surface area contributed by atoms with Gasteiger partial charge in [0, 0.05) is 17.9 Å². The molecule has 3 unspecified atom stereocenters. The highest BCUT2D eigenvalue weighted by Crippen LogP contribution is 2.37. The standard InChI is InChI=1S/C14H25NOS/c1-4-10-17-14(5-1)12-6-9-16-11-13(12)15-7-2-3-8-15/h12-14H,1-11H2. The molecule has 3 heterocycles. The van der Waals surface area contributed by atoms with Gasteiger partial charge in [-0.1, -0.05) is 6.42 Å². The molecule has 3 rings (SSSR count). The van der Waals surface area contributed by atoms with E-state index in [4.69, 9.17) is 4.74 Å². The van der Waals surface area contributed by atoms with Crippen LogP contribution in [0, 0.1) is 5.92 Å². The summed E-state index contributed by atoms with van der Waals surface area (Å²) in [7, 11) is 0. The van der Waals surface area contributed by atoms with Crippen LogP contribution in [0.2, 0.25) is 0 Å². The molecule has 0 aliphatic carbocycles. The molecule has 98 valence electrons. The minimum absolute atomic E-state index is 0.738. The summed E-state index contributed by atoms with van der Waals surface area (Å²) in [6.45, 7) is 4.65. The summed E-state index contributed by atoms with van der Waals surface area (Å²) in [6, 6.07) is 0.738. The van der Waals surface area contributed by atoms with Gasteiger partial charge in [-0.05, 0) is 56.9 Å². The normalized spacial score (nSPS) is 40.6. The summed E-state index contributed by atoms with van der Waals surface area (Å²) in [4.78, 5) is 2.72. The number of ether oxygens (including phenoxy) is 1. The van der Waals surface area contributed by atoms with E-state index < -0.39 is 0 Å². The fourth-order valence-electron chi connectivity index (χ4n) is 3.73. The Balaban J connectivity index is 1.65. The lowest BCUT2D eigenvalue weighted by atomic mass is 9.87.